The number of anilines is 1. The van der Waals surface area contributed by atoms with E-state index in [1.54, 1.807) is 7.05 Å². The Morgan fingerprint density at radius 2 is 1.80 bits per heavy atom. The van der Waals surface area contributed by atoms with E-state index in [0.717, 1.165) is 12.0 Å². The van der Waals surface area contributed by atoms with E-state index in [9.17, 15) is 4.79 Å². The van der Waals surface area contributed by atoms with Gasteiger partial charge in [0.1, 0.15) is 11.5 Å². The monoisotopic (exact) mass is 270 g/mol. The molecule has 0 spiro atoms. The maximum atomic E-state index is 11.9. The molecule has 0 saturated heterocycles. The molecule has 20 heavy (non-hydrogen) atoms. The van der Waals surface area contributed by atoms with E-state index in [0.29, 0.717) is 18.1 Å². The van der Waals surface area contributed by atoms with Crippen LogP contribution >= 0.6 is 0 Å². The van der Waals surface area contributed by atoms with E-state index in [-0.39, 0.29) is 5.91 Å². The maximum absolute atomic E-state index is 11.9. The van der Waals surface area contributed by atoms with Crippen LogP contribution in [0.15, 0.2) is 36.7 Å². The van der Waals surface area contributed by atoms with Crippen LogP contribution in [-0.4, -0.2) is 22.9 Å². The van der Waals surface area contributed by atoms with Gasteiger partial charge in [-0.05, 0) is 17.5 Å². The van der Waals surface area contributed by atoms with Crippen LogP contribution in [0.25, 0.3) is 0 Å². The average Bonchev–Trinajstić information content (AvgIpc) is 2.53. The summed E-state index contributed by atoms with van der Waals surface area (Å²) in [7, 11) is 1.75. The minimum atomic E-state index is -0.222. The maximum Gasteiger partial charge on any atom is 0.271 e. The van der Waals surface area contributed by atoms with Crippen molar-refractivity contribution in [3.05, 3.63) is 53.5 Å². The summed E-state index contributed by atoms with van der Waals surface area (Å²) in [6, 6.07) is 8.19. The molecule has 0 atom stereocenters. The van der Waals surface area contributed by atoms with Crippen molar-refractivity contribution in [2.45, 2.75) is 19.9 Å². The number of carbonyl (C=O) groups excluding carboxylic acids is 1. The average molecular weight is 270 g/mol. The SMILES string of the molecule is CCc1ccc(CNC(=O)c2cnc(NC)cn2)cc1. The number of carbonyl (C=O) groups is 1. The molecular weight excluding hydrogens is 252 g/mol. The fourth-order valence-corrected chi connectivity index (χ4v) is 1.74. The molecule has 0 aliphatic heterocycles. The lowest BCUT2D eigenvalue weighted by Crippen LogP contribution is -2.24. The highest BCUT2D eigenvalue weighted by Gasteiger charge is 2.07. The van der Waals surface area contributed by atoms with Gasteiger partial charge in [-0.15, -0.1) is 0 Å². The van der Waals surface area contributed by atoms with Crippen LogP contribution in [0, 0.1) is 0 Å². The second kappa shape index (κ2) is 6.65. The lowest BCUT2D eigenvalue weighted by molar-refractivity contribution is 0.0945. The van der Waals surface area contributed by atoms with Crippen LogP contribution in [0.5, 0.6) is 0 Å². The minimum Gasteiger partial charge on any atom is -0.372 e. The predicted octanol–water partition coefficient (Wildman–Crippen LogP) is 2.01. The minimum absolute atomic E-state index is 0.222. The Kier molecular flexibility index (Phi) is 4.65. The first kappa shape index (κ1) is 14.0. The van der Waals surface area contributed by atoms with Crippen molar-refractivity contribution in [2.75, 3.05) is 12.4 Å². The molecule has 0 bridgehead atoms. The first-order chi connectivity index (χ1) is 9.72. The lowest BCUT2D eigenvalue weighted by atomic mass is 10.1. The molecule has 0 unspecified atom stereocenters. The van der Waals surface area contributed by atoms with Gasteiger partial charge in [0.25, 0.3) is 5.91 Å². The quantitative estimate of drug-likeness (QED) is 0.872. The van der Waals surface area contributed by atoms with Gasteiger partial charge >= 0.3 is 0 Å². The number of aryl methyl sites for hydroxylation is 1. The highest BCUT2D eigenvalue weighted by Crippen LogP contribution is 2.05. The number of rotatable bonds is 5. The molecule has 0 aliphatic rings. The number of hydrogen-bond donors (Lipinski definition) is 2. The van der Waals surface area contributed by atoms with Gasteiger partial charge in [0.2, 0.25) is 0 Å². The molecule has 0 fully saturated rings. The van der Waals surface area contributed by atoms with Crippen molar-refractivity contribution >= 4 is 11.7 Å². The highest BCUT2D eigenvalue weighted by molar-refractivity contribution is 5.91. The second-order valence-corrected chi connectivity index (χ2v) is 4.39. The first-order valence-corrected chi connectivity index (χ1v) is 6.58. The zero-order valence-corrected chi connectivity index (χ0v) is 11.7. The summed E-state index contributed by atoms with van der Waals surface area (Å²) in [5.74, 6) is 0.413. The van der Waals surface area contributed by atoms with Crippen LogP contribution < -0.4 is 10.6 Å². The van der Waals surface area contributed by atoms with Crippen molar-refractivity contribution in [1.29, 1.82) is 0 Å². The zero-order valence-electron chi connectivity index (χ0n) is 11.7. The Morgan fingerprint density at radius 3 is 2.35 bits per heavy atom. The molecule has 1 aromatic carbocycles. The third-order valence-corrected chi connectivity index (χ3v) is 3.02. The van der Waals surface area contributed by atoms with Gasteiger partial charge in [-0.1, -0.05) is 31.2 Å². The summed E-state index contributed by atoms with van der Waals surface area (Å²) < 4.78 is 0. The number of benzene rings is 1. The predicted molar refractivity (Wildman–Crippen MR) is 78.6 cm³/mol. The molecule has 2 aromatic rings. The second-order valence-electron chi connectivity index (χ2n) is 4.39. The molecule has 0 aliphatic carbocycles. The molecule has 0 saturated carbocycles. The van der Waals surface area contributed by atoms with E-state index in [1.807, 2.05) is 12.1 Å². The van der Waals surface area contributed by atoms with Crippen molar-refractivity contribution in [2.24, 2.45) is 0 Å². The van der Waals surface area contributed by atoms with Crippen molar-refractivity contribution in [3.8, 4) is 0 Å². The molecule has 1 amide bonds. The van der Waals surface area contributed by atoms with E-state index in [4.69, 9.17) is 0 Å². The fraction of sp³-hybridized carbons (Fsp3) is 0.267. The lowest BCUT2D eigenvalue weighted by Gasteiger charge is -2.06. The molecule has 0 radical (unpaired) electrons. The summed E-state index contributed by atoms with van der Waals surface area (Å²) >= 11 is 0. The molecule has 1 aromatic heterocycles. The Morgan fingerprint density at radius 1 is 1.10 bits per heavy atom. The van der Waals surface area contributed by atoms with E-state index in [2.05, 4.69) is 39.7 Å². The van der Waals surface area contributed by atoms with Gasteiger partial charge in [0.15, 0.2) is 0 Å². The molecule has 1 heterocycles. The summed E-state index contributed by atoms with van der Waals surface area (Å²) in [5, 5.41) is 5.68. The van der Waals surface area contributed by atoms with Crippen molar-refractivity contribution in [1.82, 2.24) is 15.3 Å². The van der Waals surface area contributed by atoms with Crippen molar-refractivity contribution in [3.63, 3.8) is 0 Å². The molecule has 5 heteroatoms. The van der Waals surface area contributed by atoms with Gasteiger partial charge in [-0.3, -0.25) is 4.79 Å². The van der Waals surface area contributed by atoms with Gasteiger partial charge in [0.05, 0.1) is 12.4 Å². The van der Waals surface area contributed by atoms with Gasteiger partial charge < -0.3 is 10.6 Å². The molecule has 104 valence electrons. The highest BCUT2D eigenvalue weighted by atomic mass is 16.1. The molecular formula is C15H18N4O. The number of hydrogen-bond acceptors (Lipinski definition) is 4. The van der Waals surface area contributed by atoms with Gasteiger partial charge in [0, 0.05) is 13.6 Å². The summed E-state index contributed by atoms with van der Waals surface area (Å²) in [6.07, 6.45) is 4.01. The topological polar surface area (TPSA) is 66.9 Å². The largest absolute Gasteiger partial charge is 0.372 e. The number of nitrogens with zero attached hydrogens (tertiary/aromatic N) is 2. The summed E-state index contributed by atoms with van der Waals surface area (Å²) in [4.78, 5) is 20.0. The van der Waals surface area contributed by atoms with Crippen LogP contribution in [0.1, 0.15) is 28.5 Å². The van der Waals surface area contributed by atoms with Crippen LogP contribution in [0.2, 0.25) is 0 Å². The third-order valence-electron chi connectivity index (χ3n) is 3.02. The summed E-state index contributed by atoms with van der Waals surface area (Å²) in [5.41, 5.74) is 2.66. The Labute approximate surface area is 118 Å². The first-order valence-electron chi connectivity index (χ1n) is 6.58. The number of nitrogens with one attached hydrogen (secondary N) is 2. The van der Waals surface area contributed by atoms with Gasteiger partial charge in [-0.25, -0.2) is 9.97 Å². The van der Waals surface area contributed by atoms with Crippen molar-refractivity contribution < 1.29 is 4.79 Å². The van der Waals surface area contributed by atoms with Crippen LogP contribution in [-0.2, 0) is 13.0 Å². The van der Waals surface area contributed by atoms with E-state index >= 15 is 0 Å². The Balaban J connectivity index is 1.93. The smallest absolute Gasteiger partial charge is 0.271 e. The van der Waals surface area contributed by atoms with E-state index in [1.165, 1.54) is 18.0 Å². The van der Waals surface area contributed by atoms with Crippen LogP contribution in [0.4, 0.5) is 5.82 Å². The third kappa shape index (κ3) is 3.54. The number of amides is 1. The van der Waals surface area contributed by atoms with E-state index < -0.39 is 0 Å². The Bertz CT molecular complexity index is 563. The standard InChI is InChI=1S/C15H18N4O/c1-3-11-4-6-12(7-5-11)8-19-15(20)13-9-18-14(16-2)10-17-13/h4-7,9-10H,3,8H2,1-2H3,(H,16,18)(H,19,20). The van der Waals surface area contributed by atoms with Crippen LogP contribution in [0.3, 0.4) is 0 Å². The summed E-state index contributed by atoms with van der Waals surface area (Å²) in [6.45, 7) is 2.60. The molecule has 2 rings (SSSR count). The normalized spacial score (nSPS) is 10.1. The Hall–Kier alpha value is -2.43. The molecule has 5 nitrogen and oxygen atoms in total. The fourth-order valence-electron chi connectivity index (χ4n) is 1.74. The zero-order chi connectivity index (χ0) is 14.4. The molecule has 2 N–H and O–H groups in total. The van der Waals surface area contributed by atoms with Gasteiger partial charge in [-0.2, -0.15) is 0 Å². The number of aromatic nitrogens is 2.